The lowest BCUT2D eigenvalue weighted by Gasteiger charge is -2.37. The minimum absolute atomic E-state index is 0.688. The summed E-state index contributed by atoms with van der Waals surface area (Å²) in [6, 6.07) is 9.89. The lowest BCUT2D eigenvalue weighted by Crippen LogP contribution is -2.40. The second-order valence-electron chi connectivity index (χ2n) is 7.80. The smallest absolute Gasteiger partial charge is 0.158 e. The van der Waals surface area contributed by atoms with Gasteiger partial charge in [-0.25, -0.2) is 4.98 Å². The molecular weight excluding hydrogens is 344 g/mol. The maximum Gasteiger partial charge on any atom is 0.158 e. The molecule has 3 heterocycles. The standard InChI is InChI=1S/C21H25ClN4/c1-13-9-14(2)12-25(11-13)21-15(3)16(4)23-20-10-19(24-26(20)21)17-5-7-18(22)8-6-17/h5-8,10,13-14H,9,11-12H2,1-4H3. The van der Waals surface area contributed by atoms with Crippen molar-refractivity contribution in [3.05, 3.63) is 46.6 Å². The molecule has 4 rings (SSSR count). The molecule has 1 aromatic carbocycles. The van der Waals surface area contributed by atoms with Crippen LogP contribution in [0.1, 0.15) is 31.5 Å². The van der Waals surface area contributed by atoms with Gasteiger partial charge in [0.2, 0.25) is 0 Å². The summed E-state index contributed by atoms with van der Waals surface area (Å²) < 4.78 is 2.02. The third kappa shape index (κ3) is 3.07. The van der Waals surface area contributed by atoms with Crippen LogP contribution in [0, 0.1) is 25.7 Å². The van der Waals surface area contributed by atoms with Crippen molar-refractivity contribution in [1.82, 2.24) is 14.6 Å². The van der Waals surface area contributed by atoms with Crippen molar-refractivity contribution in [3.63, 3.8) is 0 Å². The normalized spacial score (nSPS) is 20.7. The zero-order valence-corrected chi connectivity index (χ0v) is 16.6. The average molecular weight is 369 g/mol. The van der Waals surface area contributed by atoms with E-state index in [1.54, 1.807) is 0 Å². The van der Waals surface area contributed by atoms with Crippen LogP contribution in [0.25, 0.3) is 16.9 Å². The molecule has 0 bridgehead atoms. The van der Waals surface area contributed by atoms with E-state index in [1.807, 2.05) is 28.8 Å². The van der Waals surface area contributed by atoms with Crippen molar-refractivity contribution >= 4 is 23.1 Å². The van der Waals surface area contributed by atoms with Gasteiger partial charge in [-0.2, -0.15) is 9.61 Å². The van der Waals surface area contributed by atoms with E-state index in [1.165, 1.54) is 17.8 Å². The molecule has 2 aromatic heterocycles. The average Bonchev–Trinajstić information content (AvgIpc) is 2.98. The first kappa shape index (κ1) is 17.3. The summed E-state index contributed by atoms with van der Waals surface area (Å²) in [7, 11) is 0. The van der Waals surface area contributed by atoms with Gasteiger partial charge in [0.25, 0.3) is 0 Å². The molecule has 0 spiro atoms. The van der Waals surface area contributed by atoms with E-state index in [0.717, 1.165) is 40.7 Å². The number of fused-ring (bicyclic) bond motifs is 1. The largest absolute Gasteiger partial charge is 0.356 e. The quantitative estimate of drug-likeness (QED) is 0.627. The highest BCUT2D eigenvalue weighted by molar-refractivity contribution is 6.30. The summed E-state index contributed by atoms with van der Waals surface area (Å²) in [6.45, 7) is 11.1. The van der Waals surface area contributed by atoms with E-state index in [0.29, 0.717) is 11.8 Å². The molecule has 0 radical (unpaired) electrons. The van der Waals surface area contributed by atoms with Gasteiger partial charge in [-0.15, -0.1) is 0 Å². The Hall–Kier alpha value is -2.07. The number of hydrogen-bond acceptors (Lipinski definition) is 3. The van der Waals surface area contributed by atoms with Crippen LogP contribution in [0.3, 0.4) is 0 Å². The van der Waals surface area contributed by atoms with E-state index < -0.39 is 0 Å². The van der Waals surface area contributed by atoms with Crippen LogP contribution in [0.2, 0.25) is 5.02 Å². The Balaban J connectivity index is 1.86. The molecule has 4 nitrogen and oxygen atoms in total. The topological polar surface area (TPSA) is 33.4 Å². The predicted molar refractivity (Wildman–Crippen MR) is 108 cm³/mol. The zero-order chi connectivity index (χ0) is 18.4. The Labute approximate surface area is 159 Å². The Bertz CT molecular complexity index is 935. The molecule has 1 aliphatic heterocycles. The minimum atomic E-state index is 0.688. The summed E-state index contributed by atoms with van der Waals surface area (Å²) in [5.74, 6) is 2.56. The first-order valence-electron chi connectivity index (χ1n) is 9.30. The lowest BCUT2D eigenvalue weighted by molar-refractivity contribution is 0.354. The van der Waals surface area contributed by atoms with Crippen LogP contribution in [0.15, 0.2) is 30.3 Å². The van der Waals surface area contributed by atoms with Crippen molar-refractivity contribution in [1.29, 1.82) is 0 Å². The van der Waals surface area contributed by atoms with Gasteiger partial charge in [0.05, 0.1) is 5.69 Å². The van der Waals surface area contributed by atoms with Gasteiger partial charge >= 0.3 is 0 Å². The molecule has 1 aliphatic rings. The fourth-order valence-electron chi connectivity index (χ4n) is 4.15. The van der Waals surface area contributed by atoms with Gasteiger partial charge in [0.15, 0.2) is 5.65 Å². The number of aromatic nitrogens is 3. The van der Waals surface area contributed by atoms with Crippen molar-refractivity contribution in [2.45, 2.75) is 34.1 Å². The van der Waals surface area contributed by atoms with E-state index in [4.69, 9.17) is 21.7 Å². The molecule has 136 valence electrons. The monoisotopic (exact) mass is 368 g/mol. The first-order chi connectivity index (χ1) is 12.4. The summed E-state index contributed by atoms with van der Waals surface area (Å²) in [5, 5.41) is 5.64. The molecular formula is C21H25ClN4. The van der Waals surface area contributed by atoms with Crippen molar-refractivity contribution < 1.29 is 0 Å². The highest BCUT2D eigenvalue weighted by Gasteiger charge is 2.26. The highest BCUT2D eigenvalue weighted by Crippen LogP contribution is 2.31. The van der Waals surface area contributed by atoms with E-state index in [-0.39, 0.29) is 0 Å². The fourth-order valence-corrected chi connectivity index (χ4v) is 4.28. The number of halogens is 1. The molecule has 3 aromatic rings. The second-order valence-corrected chi connectivity index (χ2v) is 8.24. The van der Waals surface area contributed by atoms with Gasteiger partial charge in [-0.3, -0.25) is 0 Å². The van der Waals surface area contributed by atoms with Crippen molar-refractivity contribution in [2.24, 2.45) is 11.8 Å². The van der Waals surface area contributed by atoms with E-state index in [2.05, 4.69) is 38.7 Å². The maximum absolute atomic E-state index is 6.03. The van der Waals surface area contributed by atoms with Crippen LogP contribution in [-0.2, 0) is 0 Å². The zero-order valence-electron chi connectivity index (χ0n) is 15.8. The number of benzene rings is 1. The second kappa shape index (κ2) is 6.58. The molecule has 0 amide bonds. The van der Waals surface area contributed by atoms with Crippen LogP contribution >= 0.6 is 11.6 Å². The maximum atomic E-state index is 6.03. The third-order valence-corrected chi connectivity index (χ3v) is 5.61. The number of hydrogen-bond donors (Lipinski definition) is 0. The van der Waals surface area contributed by atoms with Gasteiger partial charge < -0.3 is 4.90 Å². The van der Waals surface area contributed by atoms with E-state index in [9.17, 15) is 0 Å². The molecule has 0 saturated carbocycles. The molecule has 5 heteroatoms. The SMILES string of the molecule is Cc1nc2cc(-c3ccc(Cl)cc3)nn2c(N2CC(C)CC(C)C2)c1C. The van der Waals surface area contributed by atoms with Gasteiger partial charge in [-0.1, -0.05) is 37.6 Å². The number of anilines is 1. The first-order valence-corrected chi connectivity index (χ1v) is 9.68. The molecule has 1 fully saturated rings. The third-order valence-electron chi connectivity index (χ3n) is 5.36. The molecule has 0 N–H and O–H groups in total. The summed E-state index contributed by atoms with van der Waals surface area (Å²) in [6.07, 6.45) is 1.29. The Morgan fingerprint density at radius 2 is 1.69 bits per heavy atom. The van der Waals surface area contributed by atoms with Crippen LogP contribution < -0.4 is 4.90 Å². The van der Waals surface area contributed by atoms with E-state index >= 15 is 0 Å². The van der Waals surface area contributed by atoms with Crippen molar-refractivity contribution in [2.75, 3.05) is 18.0 Å². The van der Waals surface area contributed by atoms with Gasteiger partial charge in [-0.05, 0) is 44.2 Å². The van der Waals surface area contributed by atoms with Crippen LogP contribution in [-0.4, -0.2) is 27.7 Å². The van der Waals surface area contributed by atoms with Gasteiger partial charge in [0, 0.05) is 41.0 Å². The van der Waals surface area contributed by atoms with Crippen LogP contribution in [0.5, 0.6) is 0 Å². The number of aryl methyl sites for hydroxylation is 1. The van der Waals surface area contributed by atoms with Crippen molar-refractivity contribution in [3.8, 4) is 11.3 Å². The Morgan fingerprint density at radius 1 is 1.04 bits per heavy atom. The molecule has 1 saturated heterocycles. The Morgan fingerprint density at radius 3 is 2.35 bits per heavy atom. The molecule has 2 unspecified atom stereocenters. The molecule has 26 heavy (non-hydrogen) atoms. The minimum Gasteiger partial charge on any atom is -0.356 e. The molecule has 0 aliphatic carbocycles. The lowest BCUT2D eigenvalue weighted by atomic mass is 9.91. The predicted octanol–water partition coefficient (Wildman–Crippen LogP) is 5.15. The number of nitrogens with zero attached hydrogens (tertiary/aromatic N) is 4. The number of rotatable bonds is 2. The van der Waals surface area contributed by atoms with Gasteiger partial charge in [0.1, 0.15) is 5.82 Å². The highest BCUT2D eigenvalue weighted by atomic mass is 35.5. The summed E-state index contributed by atoms with van der Waals surface area (Å²) in [5.41, 5.74) is 5.17. The summed E-state index contributed by atoms with van der Waals surface area (Å²) in [4.78, 5) is 7.27. The Kier molecular flexibility index (Phi) is 4.39. The fraction of sp³-hybridized carbons (Fsp3) is 0.429. The molecule has 2 atom stereocenters. The number of piperidine rings is 1. The summed E-state index contributed by atoms with van der Waals surface area (Å²) >= 11 is 6.03. The van der Waals surface area contributed by atoms with Crippen LogP contribution in [0.4, 0.5) is 5.82 Å².